The van der Waals surface area contributed by atoms with Gasteiger partial charge in [-0.15, -0.1) is 0 Å². The molecule has 0 unspecified atom stereocenters. The Labute approximate surface area is 80.8 Å². The molecule has 68 valence electrons. The highest BCUT2D eigenvalue weighted by atomic mass is 16.1. The van der Waals surface area contributed by atoms with Crippen LogP contribution in [0.4, 0.5) is 0 Å². The van der Waals surface area contributed by atoms with Crippen LogP contribution in [0.5, 0.6) is 0 Å². The summed E-state index contributed by atoms with van der Waals surface area (Å²) in [5.41, 5.74) is 2.51. The van der Waals surface area contributed by atoms with Crippen molar-refractivity contribution in [2.24, 2.45) is 0 Å². The highest BCUT2D eigenvalue weighted by Gasteiger charge is 2.20. The standard InChI is InChI=1S/C11H8N2O/c14-11-8-5-7-3-1-2-4-9(7)13-10(8)6-12-11/h1-5H,6H2,(H,12,14). The Bertz CT molecular complexity index is 534. The lowest BCUT2D eigenvalue weighted by molar-refractivity contribution is 0.0966. The molecule has 14 heavy (non-hydrogen) atoms. The van der Waals surface area contributed by atoms with Gasteiger partial charge in [0, 0.05) is 5.39 Å². The summed E-state index contributed by atoms with van der Waals surface area (Å²) in [6.07, 6.45) is 0. The zero-order valence-corrected chi connectivity index (χ0v) is 7.45. The fourth-order valence-corrected chi connectivity index (χ4v) is 1.75. The molecule has 0 fully saturated rings. The summed E-state index contributed by atoms with van der Waals surface area (Å²) in [7, 11) is 0. The lowest BCUT2D eigenvalue weighted by atomic mass is 10.1. The SMILES string of the molecule is O=C1NCc2nc3ccccc3cc21. The third-order valence-corrected chi connectivity index (χ3v) is 2.46. The van der Waals surface area contributed by atoms with Gasteiger partial charge in [-0.1, -0.05) is 18.2 Å². The van der Waals surface area contributed by atoms with Crippen molar-refractivity contribution in [1.82, 2.24) is 10.3 Å². The van der Waals surface area contributed by atoms with E-state index in [0.29, 0.717) is 12.1 Å². The molecule has 1 aromatic carbocycles. The molecule has 1 N–H and O–H groups in total. The Morgan fingerprint density at radius 3 is 3.07 bits per heavy atom. The van der Waals surface area contributed by atoms with Crippen LogP contribution in [-0.2, 0) is 6.54 Å². The Morgan fingerprint density at radius 2 is 2.14 bits per heavy atom. The Balaban J connectivity index is 2.38. The van der Waals surface area contributed by atoms with Gasteiger partial charge in [-0.3, -0.25) is 9.78 Å². The van der Waals surface area contributed by atoms with Crippen LogP contribution in [0.2, 0.25) is 0 Å². The van der Waals surface area contributed by atoms with E-state index < -0.39 is 0 Å². The Hall–Kier alpha value is -1.90. The first kappa shape index (κ1) is 7.50. The number of nitrogens with zero attached hydrogens (tertiary/aromatic N) is 1. The van der Waals surface area contributed by atoms with Crippen LogP contribution in [0.25, 0.3) is 10.9 Å². The van der Waals surface area contributed by atoms with E-state index in [1.54, 1.807) is 0 Å². The lowest BCUT2D eigenvalue weighted by Crippen LogP contribution is -2.12. The quantitative estimate of drug-likeness (QED) is 0.673. The fourth-order valence-electron chi connectivity index (χ4n) is 1.75. The van der Waals surface area contributed by atoms with E-state index in [1.165, 1.54) is 0 Å². The molecule has 0 spiro atoms. The minimum absolute atomic E-state index is 0.0155. The first-order valence-electron chi connectivity index (χ1n) is 4.51. The number of rotatable bonds is 0. The molecule has 0 atom stereocenters. The second-order valence-corrected chi connectivity index (χ2v) is 3.36. The summed E-state index contributed by atoms with van der Waals surface area (Å²) in [6, 6.07) is 9.72. The van der Waals surface area contributed by atoms with Crippen molar-refractivity contribution in [3.63, 3.8) is 0 Å². The van der Waals surface area contributed by atoms with Crippen LogP contribution < -0.4 is 5.32 Å². The molecule has 1 aromatic heterocycles. The van der Waals surface area contributed by atoms with Gasteiger partial charge in [0.2, 0.25) is 0 Å². The van der Waals surface area contributed by atoms with Gasteiger partial charge in [-0.05, 0) is 12.1 Å². The van der Waals surface area contributed by atoms with Crippen LogP contribution >= 0.6 is 0 Å². The molecule has 0 aliphatic carbocycles. The van der Waals surface area contributed by atoms with E-state index in [2.05, 4.69) is 10.3 Å². The number of hydrogen-bond donors (Lipinski definition) is 1. The van der Waals surface area contributed by atoms with Crippen molar-refractivity contribution >= 4 is 16.8 Å². The predicted molar refractivity (Wildman–Crippen MR) is 52.9 cm³/mol. The smallest absolute Gasteiger partial charge is 0.253 e. The maximum Gasteiger partial charge on any atom is 0.253 e. The number of hydrogen-bond acceptors (Lipinski definition) is 2. The van der Waals surface area contributed by atoms with Gasteiger partial charge in [0.1, 0.15) is 0 Å². The third-order valence-electron chi connectivity index (χ3n) is 2.46. The van der Waals surface area contributed by atoms with Crippen LogP contribution in [0, 0.1) is 0 Å². The van der Waals surface area contributed by atoms with E-state index in [-0.39, 0.29) is 5.91 Å². The van der Waals surface area contributed by atoms with Crippen molar-refractivity contribution < 1.29 is 4.79 Å². The van der Waals surface area contributed by atoms with Crippen molar-refractivity contribution in [3.8, 4) is 0 Å². The van der Waals surface area contributed by atoms with Gasteiger partial charge in [-0.25, -0.2) is 0 Å². The first-order valence-corrected chi connectivity index (χ1v) is 4.51. The van der Waals surface area contributed by atoms with Gasteiger partial charge in [0.15, 0.2) is 0 Å². The van der Waals surface area contributed by atoms with Crippen molar-refractivity contribution in [3.05, 3.63) is 41.6 Å². The van der Waals surface area contributed by atoms with E-state index in [4.69, 9.17) is 0 Å². The molecule has 2 aromatic rings. The summed E-state index contributed by atoms with van der Waals surface area (Å²) < 4.78 is 0. The van der Waals surface area contributed by atoms with Crippen LogP contribution in [0.1, 0.15) is 16.1 Å². The second kappa shape index (κ2) is 2.54. The van der Waals surface area contributed by atoms with Crippen molar-refractivity contribution in [2.45, 2.75) is 6.54 Å². The van der Waals surface area contributed by atoms with Crippen molar-refractivity contribution in [1.29, 1.82) is 0 Å². The normalized spacial score (nSPS) is 14.1. The average molecular weight is 184 g/mol. The monoisotopic (exact) mass is 184 g/mol. The van der Waals surface area contributed by atoms with Crippen LogP contribution in [0.3, 0.4) is 0 Å². The summed E-state index contributed by atoms with van der Waals surface area (Å²) >= 11 is 0. The Kier molecular flexibility index (Phi) is 1.36. The number of carbonyl (C=O) groups is 1. The molecule has 0 radical (unpaired) electrons. The second-order valence-electron chi connectivity index (χ2n) is 3.36. The summed E-state index contributed by atoms with van der Waals surface area (Å²) in [6.45, 7) is 0.555. The number of carbonyl (C=O) groups excluding carboxylic acids is 1. The number of para-hydroxylation sites is 1. The number of nitrogens with one attached hydrogen (secondary N) is 1. The van der Waals surface area contributed by atoms with E-state index in [9.17, 15) is 4.79 Å². The molecule has 1 amide bonds. The molecule has 0 saturated carbocycles. The predicted octanol–water partition coefficient (Wildman–Crippen LogP) is 1.48. The van der Waals surface area contributed by atoms with Crippen LogP contribution in [0.15, 0.2) is 30.3 Å². The molecule has 3 heteroatoms. The number of benzene rings is 1. The number of aromatic nitrogens is 1. The minimum Gasteiger partial charge on any atom is -0.346 e. The average Bonchev–Trinajstić information content (AvgIpc) is 2.57. The van der Waals surface area contributed by atoms with Gasteiger partial charge in [0.25, 0.3) is 5.91 Å². The van der Waals surface area contributed by atoms with Gasteiger partial charge in [0.05, 0.1) is 23.3 Å². The molecule has 1 aliphatic rings. The first-order chi connectivity index (χ1) is 6.84. The lowest BCUT2D eigenvalue weighted by Gasteiger charge is -1.99. The Morgan fingerprint density at radius 1 is 1.29 bits per heavy atom. The topological polar surface area (TPSA) is 42.0 Å². The van der Waals surface area contributed by atoms with E-state index >= 15 is 0 Å². The molecule has 0 saturated heterocycles. The highest BCUT2D eigenvalue weighted by molar-refractivity contribution is 6.00. The van der Waals surface area contributed by atoms with Gasteiger partial charge >= 0.3 is 0 Å². The molecule has 3 rings (SSSR count). The number of pyridine rings is 1. The summed E-state index contributed by atoms with van der Waals surface area (Å²) in [5.74, 6) is -0.0155. The minimum atomic E-state index is -0.0155. The van der Waals surface area contributed by atoms with E-state index in [1.807, 2.05) is 30.3 Å². The third kappa shape index (κ3) is 0.923. The number of amides is 1. The van der Waals surface area contributed by atoms with Crippen molar-refractivity contribution in [2.75, 3.05) is 0 Å². The summed E-state index contributed by atoms with van der Waals surface area (Å²) in [4.78, 5) is 15.8. The number of fused-ring (bicyclic) bond motifs is 2. The fraction of sp³-hybridized carbons (Fsp3) is 0.0909. The molecule has 1 aliphatic heterocycles. The maximum absolute atomic E-state index is 11.4. The zero-order chi connectivity index (χ0) is 9.54. The highest BCUT2D eigenvalue weighted by Crippen LogP contribution is 2.19. The largest absolute Gasteiger partial charge is 0.346 e. The molecule has 0 bridgehead atoms. The molecule has 2 heterocycles. The molecular weight excluding hydrogens is 176 g/mol. The zero-order valence-electron chi connectivity index (χ0n) is 7.45. The van der Waals surface area contributed by atoms with Gasteiger partial charge in [-0.2, -0.15) is 0 Å². The molecular formula is C11H8N2O. The maximum atomic E-state index is 11.4. The molecule has 3 nitrogen and oxygen atoms in total. The summed E-state index contributed by atoms with van der Waals surface area (Å²) in [5, 5.41) is 3.78. The van der Waals surface area contributed by atoms with Gasteiger partial charge < -0.3 is 5.32 Å². The van der Waals surface area contributed by atoms with E-state index in [0.717, 1.165) is 16.6 Å². The van der Waals surface area contributed by atoms with Crippen LogP contribution in [-0.4, -0.2) is 10.9 Å².